The van der Waals surface area contributed by atoms with E-state index in [1.807, 2.05) is 29.2 Å². The number of aliphatic imine (C=N–C) groups is 1. The van der Waals surface area contributed by atoms with Gasteiger partial charge in [0.15, 0.2) is 5.96 Å². The van der Waals surface area contributed by atoms with E-state index in [1.54, 1.807) is 14.2 Å². The van der Waals surface area contributed by atoms with Crippen molar-refractivity contribution in [3.8, 4) is 0 Å². The molecule has 0 saturated carbocycles. The highest BCUT2D eigenvalue weighted by molar-refractivity contribution is 14.0. The average Bonchev–Trinajstić information content (AvgIpc) is 2.76. The van der Waals surface area contributed by atoms with Crippen molar-refractivity contribution in [2.24, 2.45) is 4.99 Å². The van der Waals surface area contributed by atoms with Crippen LogP contribution in [0.3, 0.4) is 0 Å². The lowest BCUT2D eigenvalue weighted by Gasteiger charge is -2.36. The Labute approximate surface area is 208 Å². The Morgan fingerprint density at radius 3 is 2.45 bits per heavy atom. The molecule has 1 amide bonds. The number of hydrogen-bond donors (Lipinski definition) is 2. The summed E-state index contributed by atoms with van der Waals surface area (Å²) in [6, 6.07) is 7.83. The smallest absolute Gasteiger partial charge is 0.242 e. The van der Waals surface area contributed by atoms with E-state index in [0.29, 0.717) is 19.0 Å². The molecule has 1 saturated heterocycles. The number of likely N-dealkylation sites (N-methyl/N-ethyl adjacent to an activating group) is 1. The van der Waals surface area contributed by atoms with Crippen LogP contribution < -0.4 is 15.5 Å². The van der Waals surface area contributed by atoms with E-state index in [-0.39, 0.29) is 36.4 Å². The highest BCUT2D eigenvalue weighted by Crippen LogP contribution is 2.19. The number of nitrogens with one attached hydrogen (secondary N) is 2. The van der Waals surface area contributed by atoms with E-state index in [1.165, 1.54) is 0 Å². The first-order chi connectivity index (χ1) is 14.5. The summed E-state index contributed by atoms with van der Waals surface area (Å²) in [7, 11) is 5.52. The first-order valence-electron chi connectivity index (χ1n) is 10.4. The van der Waals surface area contributed by atoms with Gasteiger partial charge in [-0.3, -0.25) is 9.79 Å². The van der Waals surface area contributed by atoms with Gasteiger partial charge in [0.1, 0.15) is 0 Å². The van der Waals surface area contributed by atoms with Crippen molar-refractivity contribution in [1.82, 2.24) is 20.4 Å². The molecule has 0 bridgehead atoms. The summed E-state index contributed by atoms with van der Waals surface area (Å²) in [5.74, 6) is 0.735. The molecule has 2 rings (SSSR count). The van der Waals surface area contributed by atoms with E-state index in [2.05, 4.69) is 32.5 Å². The van der Waals surface area contributed by atoms with Crippen molar-refractivity contribution in [3.05, 3.63) is 29.3 Å². The molecule has 2 N–H and O–H groups in total. The Bertz CT molecular complexity index is 668. The summed E-state index contributed by atoms with van der Waals surface area (Å²) in [5, 5.41) is 7.12. The minimum atomic E-state index is 0. The number of piperazine rings is 1. The zero-order valence-electron chi connectivity index (χ0n) is 18.8. The third-order valence-corrected chi connectivity index (χ3v) is 5.38. The standard InChI is InChI=1S/C21H35ClN6O2.HI/c1-23-21(24-9-11-26(2)10-4-16-30-3)25-17-20(29)28-14-12-27(13-15-28)19-7-5-18(22)6-8-19;/h5-8H,4,9-17H2,1-3H3,(H2,23,24,25);1H. The summed E-state index contributed by atoms with van der Waals surface area (Å²) >= 11 is 5.96. The normalized spacial score (nSPS) is 14.4. The van der Waals surface area contributed by atoms with E-state index >= 15 is 0 Å². The van der Waals surface area contributed by atoms with Crippen LogP contribution >= 0.6 is 35.6 Å². The molecular weight excluding hydrogens is 531 g/mol. The average molecular weight is 567 g/mol. The number of methoxy groups -OCH3 is 1. The van der Waals surface area contributed by atoms with Crippen LogP contribution in [-0.2, 0) is 9.53 Å². The van der Waals surface area contributed by atoms with E-state index < -0.39 is 0 Å². The lowest BCUT2D eigenvalue weighted by atomic mass is 10.2. The molecule has 10 heteroatoms. The number of carbonyl (C=O) groups is 1. The number of benzene rings is 1. The second-order valence-electron chi connectivity index (χ2n) is 7.35. The largest absolute Gasteiger partial charge is 0.385 e. The van der Waals surface area contributed by atoms with Gasteiger partial charge in [-0.2, -0.15) is 0 Å². The van der Waals surface area contributed by atoms with Crippen LogP contribution in [0.25, 0.3) is 0 Å². The number of halogens is 2. The Morgan fingerprint density at radius 2 is 1.84 bits per heavy atom. The lowest BCUT2D eigenvalue weighted by molar-refractivity contribution is -0.130. The van der Waals surface area contributed by atoms with Gasteiger partial charge in [-0.15, -0.1) is 24.0 Å². The quantitative estimate of drug-likeness (QED) is 0.195. The zero-order chi connectivity index (χ0) is 21.8. The molecule has 0 aromatic heterocycles. The predicted molar refractivity (Wildman–Crippen MR) is 139 cm³/mol. The molecule has 1 aliphatic rings. The van der Waals surface area contributed by atoms with Gasteiger partial charge in [-0.05, 0) is 37.7 Å². The van der Waals surface area contributed by atoms with E-state index in [0.717, 1.165) is 56.5 Å². The van der Waals surface area contributed by atoms with Crippen LogP contribution in [0.2, 0.25) is 5.02 Å². The van der Waals surface area contributed by atoms with Gasteiger partial charge >= 0.3 is 0 Å². The van der Waals surface area contributed by atoms with Gasteiger partial charge in [0.2, 0.25) is 5.91 Å². The van der Waals surface area contributed by atoms with Crippen molar-refractivity contribution in [1.29, 1.82) is 0 Å². The Balaban J connectivity index is 0.00000480. The molecule has 176 valence electrons. The molecule has 1 aromatic rings. The minimum absolute atomic E-state index is 0. The van der Waals surface area contributed by atoms with Gasteiger partial charge in [0.25, 0.3) is 0 Å². The Hall–Kier alpha value is -1.30. The molecule has 0 unspecified atom stereocenters. The second-order valence-corrected chi connectivity index (χ2v) is 7.78. The monoisotopic (exact) mass is 566 g/mol. The van der Waals surface area contributed by atoms with E-state index in [9.17, 15) is 4.79 Å². The molecule has 0 radical (unpaired) electrons. The maximum atomic E-state index is 12.6. The minimum Gasteiger partial charge on any atom is -0.385 e. The lowest BCUT2D eigenvalue weighted by Crippen LogP contribution is -2.52. The third kappa shape index (κ3) is 10.2. The van der Waals surface area contributed by atoms with Gasteiger partial charge in [-0.25, -0.2) is 0 Å². The molecular formula is C21H36ClIN6O2. The summed E-state index contributed by atoms with van der Waals surface area (Å²) in [6.07, 6.45) is 1.01. The highest BCUT2D eigenvalue weighted by Gasteiger charge is 2.21. The molecule has 1 aromatic carbocycles. The molecule has 0 atom stereocenters. The van der Waals surface area contributed by atoms with E-state index in [4.69, 9.17) is 16.3 Å². The molecule has 0 spiro atoms. The second kappa shape index (κ2) is 15.5. The highest BCUT2D eigenvalue weighted by atomic mass is 127. The zero-order valence-corrected chi connectivity index (χ0v) is 21.9. The van der Waals surface area contributed by atoms with Gasteiger partial charge in [0, 0.05) is 77.3 Å². The number of guanidine groups is 1. The number of ether oxygens (including phenoxy) is 1. The fourth-order valence-electron chi connectivity index (χ4n) is 3.31. The number of carbonyl (C=O) groups excluding carboxylic acids is 1. The Morgan fingerprint density at radius 1 is 1.16 bits per heavy atom. The number of anilines is 1. The van der Waals surface area contributed by atoms with Crippen molar-refractivity contribution in [2.45, 2.75) is 6.42 Å². The predicted octanol–water partition coefficient (Wildman–Crippen LogP) is 1.74. The van der Waals surface area contributed by atoms with Crippen molar-refractivity contribution < 1.29 is 9.53 Å². The topological polar surface area (TPSA) is 72.4 Å². The first-order valence-corrected chi connectivity index (χ1v) is 10.8. The van der Waals surface area contributed by atoms with Gasteiger partial charge in [-0.1, -0.05) is 11.6 Å². The van der Waals surface area contributed by atoms with Crippen molar-refractivity contribution in [3.63, 3.8) is 0 Å². The molecule has 0 aliphatic carbocycles. The molecule has 8 nitrogen and oxygen atoms in total. The summed E-state index contributed by atoms with van der Waals surface area (Å²) in [4.78, 5) is 23.2. The molecule has 1 fully saturated rings. The number of amides is 1. The maximum absolute atomic E-state index is 12.6. The number of hydrogen-bond acceptors (Lipinski definition) is 5. The van der Waals surface area contributed by atoms with Crippen LogP contribution in [0.1, 0.15) is 6.42 Å². The van der Waals surface area contributed by atoms with Crippen molar-refractivity contribution >= 4 is 53.1 Å². The van der Waals surface area contributed by atoms with Gasteiger partial charge in [0.05, 0.1) is 6.54 Å². The van der Waals surface area contributed by atoms with Crippen LogP contribution in [0.4, 0.5) is 5.69 Å². The first kappa shape index (κ1) is 27.7. The van der Waals surface area contributed by atoms with Crippen LogP contribution in [0, 0.1) is 0 Å². The summed E-state index contributed by atoms with van der Waals surface area (Å²) in [6.45, 7) is 6.71. The fourth-order valence-corrected chi connectivity index (χ4v) is 3.44. The number of rotatable bonds is 10. The molecule has 31 heavy (non-hydrogen) atoms. The maximum Gasteiger partial charge on any atom is 0.242 e. The van der Waals surface area contributed by atoms with Gasteiger partial charge < -0.3 is 30.1 Å². The SMILES string of the molecule is CN=C(NCCN(C)CCCOC)NCC(=O)N1CCN(c2ccc(Cl)cc2)CC1.I. The summed E-state index contributed by atoms with van der Waals surface area (Å²) in [5.41, 5.74) is 1.14. The third-order valence-electron chi connectivity index (χ3n) is 5.13. The van der Waals surface area contributed by atoms with Crippen LogP contribution in [0.5, 0.6) is 0 Å². The molecule has 1 heterocycles. The van der Waals surface area contributed by atoms with Crippen LogP contribution in [-0.4, -0.2) is 102 Å². The molecule has 1 aliphatic heterocycles. The fraction of sp³-hybridized carbons (Fsp3) is 0.619. The van der Waals surface area contributed by atoms with Crippen molar-refractivity contribution in [2.75, 3.05) is 85.1 Å². The Kier molecular flexibility index (Phi) is 13.9. The number of nitrogens with zero attached hydrogens (tertiary/aromatic N) is 4. The van der Waals surface area contributed by atoms with Crippen LogP contribution in [0.15, 0.2) is 29.3 Å². The summed E-state index contributed by atoms with van der Waals surface area (Å²) < 4.78 is 5.07.